The lowest BCUT2D eigenvalue weighted by molar-refractivity contribution is 0.568. The fourth-order valence-corrected chi connectivity index (χ4v) is 2.29. The number of aromatic nitrogens is 4. The third kappa shape index (κ3) is 1.70. The molecule has 3 heterocycles. The Labute approximate surface area is 105 Å². The van der Waals surface area contributed by atoms with Gasteiger partial charge in [0.25, 0.3) is 0 Å². The molecular weight excluding hydrogens is 229 g/mol. The van der Waals surface area contributed by atoms with Crippen molar-refractivity contribution >= 4 is 25.0 Å². The van der Waals surface area contributed by atoms with Crippen molar-refractivity contribution in [3.8, 4) is 0 Å². The zero-order chi connectivity index (χ0) is 12.7. The fraction of sp³-hybridized carbons (Fsp3) is 0.545. The van der Waals surface area contributed by atoms with Crippen LogP contribution in [0.3, 0.4) is 0 Å². The molecule has 0 aliphatic carbocycles. The van der Waals surface area contributed by atoms with Crippen molar-refractivity contribution in [1.82, 2.24) is 19.6 Å². The SMILES string of the molecule is [B]c1c(C)n2nc(N3CCCCC3)nc2[nH]c1=O. The summed E-state index contributed by atoms with van der Waals surface area (Å²) in [7, 11) is 5.69. The number of nitrogens with zero attached hydrogens (tertiary/aromatic N) is 4. The second kappa shape index (κ2) is 4.15. The molecule has 6 nitrogen and oxygen atoms in total. The molecule has 0 aromatic carbocycles. The summed E-state index contributed by atoms with van der Waals surface area (Å²) in [6, 6.07) is 0. The molecule has 0 saturated carbocycles. The lowest BCUT2D eigenvalue weighted by Crippen LogP contribution is -2.32. The van der Waals surface area contributed by atoms with Crippen LogP contribution in [0.25, 0.3) is 5.78 Å². The van der Waals surface area contributed by atoms with Gasteiger partial charge in [-0.2, -0.15) is 4.98 Å². The molecule has 0 amide bonds. The second-order valence-corrected chi connectivity index (χ2v) is 4.65. The third-order valence-corrected chi connectivity index (χ3v) is 3.41. The lowest BCUT2D eigenvalue weighted by atomic mass is 9.96. The maximum Gasteiger partial charge on any atom is 0.246 e. The van der Waals surface area contributed by atoms with E-state index < -0.39 is 0 Å². The molecule has 92 valence electrons. The van der Waals surface area contributed by atoms with Crippen LogP contribution < -0.4 is 15.9 Å². The molecular formula is C11H14BN5O. The highest BCUT2D eigenvalue weighted by Crippen LogP contribution is 2.15. The molecule has 2 radical (unpaired) electrons. The molecule has 0 bridgehead atoms. The number of hydrogen-bond acceptors (Lipinski definition) is 4. The molecule has 2 aromatic heterocycles. The molecule has 0 spiro atoms. The van der Waals surface area contributed by atoms with Gasteiger partial charge in [-0.15, -0.1) is 5.10 Å². The van der Waals surface area contributed by atoms with Crippen LogP contribution in [0.2, 0.25) is 0 Å². The average molecular weight is 243 g/mol. The molecule has 1 aliphatic heterocycles. The number of hydrogen-bond donors (Lipinski definition) is 1. The first-order chi connectivity index (χ1) is 8.66. The topological polar surface area (TPSA) is 66.3 Å². The number of nitrogens with one attached hydrogen (secondary N) is 1. The molecule has 7 heteroatoms. The molecule has 0 atom stereocenters. The Morgan fingerprint density at radius 3 is 2.72 bits per heavy atom. The first-order valence-corrected chi connectivity index (χ1v) is 6.17. The molecule has 18 heavy (non-hydrogen) atoms. The monoisotopic (exact) mass is 243 g/mol. The molecule has 2 aromatic rings. The second-order valence-electron chi connectivity index (χ2n) is 4.65. The van der Waals surface area contributed by atoms with Gasteiger partial charge in [0.2, 0.25) is 17.3 Å². The Morgan fingerprint density at radius 1 is 1.28 bits per heavy atom. The van der Waals surface area contributed by atoms with Crippen LogP contribution in [-0.4, -0.2) is 40.5 Å². The number of fused-ring (bicyclic) bond motifs is 1. The van der Waals surface area contributed by atoms with Crippen LogP contribution in [0.1, 0.15) is 25.0 Å². The molecule has 1 aliphatic rings. The predicted molar refractivity (Wildman–Crippen MR) is 69.8 cm³/mol. The van der Waals surface area contributed by atoms with Gasteiger partial charge in [-0.25, -0.2) is 4.52 Å². The Kier molecular flexibility index (Phi) is 2.61. The van der Waals surface area contributed by atoms with E-state index in [1.54, 1.807) is 11.4 Å². The van der Waals surface area contributed by atoms with E-state index in [4.69, 9.17) is 7.85 Å². The maximum atomic E-state index is 11.6. The fourth-order valence-electron chi connectivity index (χ4n) is 2.29. The van der Waals surface area contributed by atoms with Crippen LogP contribution in [0.15, 0.2) is 4.79 Å². The quantitative estimate of drug-likeness (QED) is 0.686. The summed E-state index contributed by atoms with van der Waals surface area (Å²) in [6.45, 7) is 3.71. The largest absolute Gasteiger partial charge is 0.339 e. The zero-order valence-corrected chi connectivity index (χ0v) is 10.3. The Balaban J connectivity index is 2.10. The van der Waals surface area contributed by atoms with Crippen molar-refractivity contribution in [2.45, 2.75) is 26.2 Å². The van der Waals surface area contributed by atoms with Gasteiger partial charge in [0.1, 0.15) is 7.85 Å². The summed E-state index contributed by atoms with van der Waals surface area (Å²) in [4.78, 5) is 20.7. The van der Waals surface area contributed by atoms with E-state index in [9.17, 15) is 4.79 Å². The summed E-state index contributed by atoms with van der Waals surface area (Å²) >= 11 is 0. The number of piperidine rings is 1. The van der Waals surface area contributed by atoms with E-state index in [1.165, 1.54) is 6.42 Å². The van der Waals surface area contributed by atoms with Crippen LogP contribution >= 0.6 is 0 Å². The summed E-state index contributed by atoms with van der Waals surface area (Å²) in [5.41, 5.74) is 0.514. The van der Waals surface area contributed by atoms with Crippen LogP contribution in [0, 0.1) is 6.92 Å². The normalized spacial score (nSPS) is 16.4. The Hall–Kier alpha value is -1.79. The van der Waals surface area contributed by atoms with Gasteiger partial charge in [0.05, 0.1) is 0 Å². The number of anilines is 1. The Morgan fingerprint density at radius 2 is 2.00 bits per heavy atom. The van der Waals surface area contributed by atoms with Gasteiger partial charge in [-0.05, 0) is 31.6 Å². The highest BCUT2D eigenvalue weighted by Gasteiger charge is 2.17. The van der Waals surface area contributed by atoms with Gasteiger partial charge in [0, 0.05) is 18.8 Å². The van der Waals surface area contributed by atoms with Crippen LogP contribution in [0.5, 0.6) is 0 Å². The highest BCUT2D eigenvalue weighted by molar-refractivity contribution is 6.32. The zero-order valence-electron chi connectivity index (χ0n) is 10.3. The standard InChI is InChI=1S/C11H14BN5O/c1-7-8(12)9(18)13-10-14-11(15-17(7)10)16-5-3-2-4-6-16/h2-6H2,1H3,(H,13,14,15,18). The van der Waals surface area contributed by atoms with E-state index in [2.05, 4.69) is 20.0 Å². The van der Waals surface area contributed by atoms with Crippen LogP contribution in [0.4, 0.5) is 5.95 Å². The van der Waals surface area contributed by atoms with E-state index in [1.807, 2.05) is 0 Å². The third-order valence-electron chi connectivity index (χ3n) is 3.41. The van der Waals surface area contributed by atoms with Crippen molar-refractivity contribution in [3.63, 3.8) is 0 Å². The molecule has 0 unspecified atom stereocenters. The summed E-state index contributed by atoms with van der Waals surface area (Å²) in [6.07, 6.45) is 3.58. The van der Waals surface area contributed by atoms with Gasteiger partial charge in [0.15, 0.2) is 0 Å². The smallest absolute Gasteiger partial charge is 0.246 e. The average Bonchev–Trinajstić information content (AvgIpc) is 2.81. The van der Waals surface area contributed by atoms with Crippen LogP contribution in [-0.2, 0) is 0 Å². The Bertz CT molecular complexity index is 641. The van der Waals surface area contributed by atoms with Gasteiger partial charge in [-0.3, -0.25) is 9.78 Å². The van der Waals surface area contributed by atoms with E-state index in [0.29, 0.717) is 17.4 Å². The van der Waals surface area contributed by atoms with E-state index in [-0.39, 0.29) is 11.0 Å². The molecule has 1 N–H and O–H groups in total. The number of aryl methyl sites for hydroxylation is 1. The minimum absolute atomic E-state index is 0.192. The first-order valence-electron chi connectivity index (χ1n) is 6.17. The maximum absolute atomic E-state index is 11.6. The van der Waals surface area contributed by atoms with Gasteiger partial charge >= 0.3 is 0 Å². The highest BCUT2D eigenvalue weighted by atomic mass is 16.1. The van der Waals surface area contributed by atoms with Crippen molar-refractivity contribution in [2.75, 3.05) is 18.0 Å². The first kappa shape index (κ1) is 11.3. The predicted octanol–water partition coefficient (Wildman–Crippen LogP) is -0.490. The van der Waals surface area contributed by atoms with Gasteiger partial charge < -0.3 is 4.90 Å². The van der Waals surface area contributed by atoms with Crippen molar-refractivity contribution in [2.24, 2.45) is 0 Å². The molecule has 3 rings (SSSR count). The van der Waals surface area contributed by atoms with Crippen molar-refractivity contribution in [3.05, 3.63) is 16.0 Å². The summed E-state index contributed by atoms with van der Waals surface area (Å²) in [5.74, 6) is 1.12. The van der Waals surface area contributed by atoms with E-state index >= 15 is 0 Å². The molecule has 1 fully saturated rings. The number of aromatic amines is 1. The van der Waals surface area contributed by atoms with Crippen molar-refractivity contribution in [1.29, 1.82) is 0 Å². The number of H-pyrrole nitrogens is 1. The minimum Gasteiger partial charge on any atom is -0.339 e. The summed E-state index contributed by atoms with van der Waals surface area (Å²) < 4.78 is 1.60. The molecule has 1 saturated heterocycles. The van der Waals surface area contributed by atoms with E-state index in [0.717, 1.165) is 25.9 Å². The van der Waals surface area contributed by atoms with Gasteiger partial charge in [-0.1, -0.05) is 0 Å². The van der Waals surface area contributed by atoms with Crippen molar-refractivity contribution < 1.29 is 0 Å². The lowest BCUT2D eigenvalue weighted by Gasteiger charge is -2.24. The minimum atomic E-state index is -0.308. The summed E-state index contributed by atoms with van der Waals surface area (Å²) in [5, 5.41) is 4.42. The number of rotatable bonds is 1.